The third-order valence-electron chi connectivity index (χ3n) is 5.76. The maximum absolute atomic E-state index is 11.9. The molecule has 1 aromatic carbocycles. The fourth-order valence-corrected chi connectivity index (χ4v) is 4.05. The number of carbonyl (C=O) groups excluding carboxylic acids is 1. The summed E-state index contributed by atoms with van der Waals surface area (Å²) in [5, 5.41) is 1.04. The molecule has 1 fully saturated rings. The average Bonchev–Trinajstić information content (AvgIpc) is 3.11. The monoisotopic (exact) mass is 407 g/mol. The maximum atomic E-state index is 11.9. The van der Waals surface area contributed by atoms with E-state index in [2.05, 4.69) is 22.5 Å². The molecule has 0 atom stereocenters. The number of nitrogens with zero attached hydrogens (tertiary/aromatic N) is 4. The van der Waals surface area contributed by atoms with Gasteiger partial charge in [-0.2, -0.15) is 0 Å². The predicted octanol–water partition coefficient (Wildman–Crippen LogP) is 3.26. The highest BCUT2D eigenvalue weighted by Gasteiger charge is 2.21. The smallest absolute Gasteiger partial charge is 0.246 e. The molecule has 0 bridgehead atoms. The summed E-state index contributed by atoms with van der Waals surface area (Å²) in [4.78, 5) is 22.8. The SMILES string of the molecule is CCc1nc2c(N)nc3cc(C=CC(=O)N(C)C)ccc3c2n1CC1CCOCC1. The van der Waals surface area contributed by atoms with Gasteiger partial charge in [-0.15, -0.1) is 0 Å². The summed E-state index contributed by atoms with van der Waals surface area (Å²) in [5.74, 6) is 2.01. The van der Waals surface area contributed by atoms with Crippen LogP contribution in [0.15, 0.2) is 24.3 Å². The molecule has 3 aromatic rings. The molecule has 158 valence electrons. The molecule has 0 spiro atoms. The van der Waals surface area contributed by atoms with Crippen molar-refractivity contribution in [2.24, 2.45) is 5.92 Å². The summed E-state index contributed by atoms with van der Waals surface area (Å²) in [5.41, 5.74) is 9.88. The van der Waals surface area contributed by atoms with Gasteiger partial charge in [0.15, 0.2) is 5.82 Å². The van der Waals surface area contributed by atoms with Crippen molar-refractivity contribution in [1.82, 2.24) is 19.4 Å². The van der Waals surface area contributed by atoms with Crippen LogP contribution in [-0.4, -0.2) is 52.7 Å². The number of imidazole rings is 1. The summed E-state index contributed by atoms with van der Waals surface area (Å²) < 4.78 is 7.86. The fourth-order valence-electron chi connectivity index (χ4n) is 4.05. The number of benzene rings is 1. The lowest BCUT2D eigenvalue weighted by atomic mass is 10.00. The molecule has 1 saturated heterocycles. The van der Waals surface area contributed by atoms with E-state index < -0.39 is 0 Å². The van der Waals surface area contributed by atoms with Crippen molar-refractivity contribution in [2.45, 2.75) is 32.7 Å². The van der Waals surface area contributed by atoms with Crippen LogP contribution in [0, 0.1) is 5.92 Å². The van der Waals surface area contributed by atoms with Crippen LogP contribution in [-0.2, 0) is 22.5 Å². The number of fused-ring (bicyclic) bond motifs is 3. The van der Waals surface area contributed by atoms with Gasteiger partial charge in [0.05, 0.1) is 11.0 Å². The number of hydrogen-bond donors (Lipinski definition) is 1. The third kappa shape index (κ3) is 3.89. The number of ether oxygens (including phenoxy) is 1. The first-order valence-corrected chi connectivity index (χ1v) is 10.5. The Kier molecular flexibility index (Phi) is 5.72. The van der Waals surface area contributed by atoms with Crippen LogP contribution < -0.4 is 5.73 Å². The van der Waals surface area contributed by atoms with E-state index in [1.807, 2.05) is 12.1 Å². The molecule has 1 aliphatic heterocycles. The first kappa shape index (κ1) is 20.3. The maximum Gasteiger partial charge on any atom is 0.246 e. The molecule has 1 aliphatic rings. The van der Waals surface area contributed by atoms with Crippen LogP contribution in [0.1, 0.15) is 31.2 Å². The number of amides is 1. The van der Waals surface area contributed by atoms with Crippen molar-refractivity contribution in [3.63, 3.8) is 0 Å². The van der Waals surface area contributed by atoms with Gasteiger partial charge in [0, 0.05) is 51.7 Å². The largest absolute Gasteiger partial charge is 0.382 e. The normalized spacial score (nSPS) is 15.4. The van der Waals surface area contributed by atoms with Crippen LogP contribution in [0.25, 0.3) is 28.0 Å². The summed E-state index contributed by atoms with van der Waals surface area (Å²) in [6, 6.07) is 6.05. The molecular weight excluding hydrogens is 378 g/mol. The van der Waals surface area contributed by atoms with Crippen LogP contribution in [0.3, 0.4) is 0 Å². The van der Waals surface area contributed by atoms with Gasteiger partial charge in [0.2, 0.25) is 5.91 Å². The van der Waals surface area contributed by atoms with Crippen LogP contribution in [0.5, 0.6) is 0 Å². The Morgan fingerprint density at radius 3 is 2.77 bits per heavy atom. The highest BCUT2D eigenvalue weighted by Crippen LogP contribution is 2.31. The number of likely N-dealkylation sites (N-methyl/N-ethyl adjacent to an activating group) is 1. The number of nitrogens with two attached hydrogens (primary N) is 1. The van der Waals surface area contributed by atoms with Gasteiger partial charge in [-0.05, 0) is 36.5 Å². The Labute approximate surface area is 176 Å². The standard InChI is InChI=1S/C23H29N5O2/c1-4-19-26-21-22(28(19)14-16-9-11-30-12-10-16)17-7-5-15(6-8-20(29)27(2)3)13-18(17)25-23(21)24/h5-8,13,16H,4,9-12,14H2,1-3H3,(H2,24,25). The van der Waals surface area contributed by atoms with E-state index in [1.165, 1.54) is 0 Å². The predicted molar refractivity (Wildman–Crippen MR) is 120 cm³/mol. The van der Waals surface area contributed by atoms with Gasteiger partial charge >= 0.3 is 0 Å². The van der Waals surface area contributed by atoms with Crippen molar-refractivity contribution in [3.05, 3.63) is 35.7 Å². The van der Waals surface area contributed by atoms with E-state index >= 15 is 0 Å². The molecule has 0 aliphatic carbocycles. The van der Waals surface area contributed by atoms with E-state index in [-0.39, 0.29) is 5.91 Å². The van der Waals surface area contributed by atoms with E-state index in [0.29, 0.717) is 11.7 Å². The highest BCUT2D eigenvalue weighted by molar-refractivity contribution is 6.07. The second kappa shape index (κ2) is 8.44. The second-order valence-corrected chi connectivity index (χ2v) is 8.08. The number of aromatic nitrogens is 3. The zero-order chi connectivity index (χ0) is 21.3. The molecule has 30 heavy (non-hydrogen) atoms. The van der Waals surface area contributed by atoms with E-state index in [0.717, 1.165) is 72.3 Å². The Bertz CT molecular complexity index is 1110. The average molecular weight is 408 g/mol. The topological polar surface area (TPSA) is 86.3 Å². The molecule has 2 aromatic heterocycles. The fraction of sp³-hybridized carbons (Fsp3) is 0.435. The molecule has 2 N–H and O–H groups in total. The quantitative estimate of drug-likeness (QED) is 0.656. The van der Waals surface area contributed by atoms with Gasteiger partial charge in [0.25, 0.3) is 0 Å². The summed E-state index contributed by atoms with van der Waals surface area (Å²) >= 11 is 0. The van der Waals surface area contributed by atoms with Gasteiger partial charge < -0.3 is 19.9 Å². The van der Waals surface area contributed by atoms with Crippen molar-refractivity contribution >= 4 is 39.7 Å². The number of anilines is 1. The molecule has 7 heteroatoms. The molecule has 0 saturated carbocycles. The van der Waals surface area contributed by atoms with E-state index in [9.17, 15) is 4.79 Å². The van der Waals surface area contributed by atoms with Gasteiger partial charge in [-0.25, -0.2) is 9.97 Å². The van der Waals surface area contributed by atoms with E-state index in [4.69, 9.17) is 15.5 Å². The molecule has 4 rings (SSSR count). The third-order valence-corrected chi connectivity index (χ3v) is 5.76. The Balaban J connectivity index is 1.81. The lowest BCUT2D eigenvalue weighted by Gasteiger charge is -2.23. The highest BCUT2D eigenvalue weighted by atomic mass is 16.5. The summed E-state index contributed by atoms with van der Waals surface area (Å²) in [7, 11) is 3.47. The first-order valence-electron chi connectivity index (χ1n) is 10.5. The first-order chi connectivity index (χ1) is 14.5. The van der Waals surface area contributed by atoms with Crippen molar-refractivity contribution in [3.8, 4) is 0 Å². The molecule has 7 nitrogen and oxygen atoms in total. The Hall–Kier alpha value is -2.93. The number of pyridine rings is 1. The number of rotatable bonds is 5. The second-order valence-electron chi connectivity index (χ2n) is 8.08. The zero-order valence-corrected chi connectivity index (χ0v) is 17.9. The Morgan fingerprint density at radius 1 is 1.30 bits per heavy atom. The number of nitrogen functional groups attached to an aromatic ring is 1. The van der Waals surface area contributed by atoms with Crippen molar-refractivity contribution < 1.29 is 9.53 Å². The molecule has 0 unspecified atom stereocenters. The summed E-state index contributed by atoms with van der Waals surface area (Å²) in [6.45, 7) is 4.69. The van der Waals surface area contributed by atoms with Gasteiger partial charge in [-0.1, -0.05) is 19.1 Å². The Morgan fingerprint density at radius 2 is 2.07 bits per heavy atom. The van der Waals surface area contributed by atoms with Crippen LogP contribution >= 0.6 is 0 Å². The van der Waals surface area contributed by atoms with Gasteiger partial charge in [0.1, 0.15) is 11.3 Å². The minimum Gasteiger partial charge on any atom is -0.382 e. The molecule has 1 amide bonds. The van der Waals surface area contributed by atoms with Gasteiger partial charge in [-0.3, -0.25) is 4.79 Å². The number of aryl methyl sites for hydroxylation is 1. The van der Waals surface area contributed by atoms with E-state index in [1.54, 1.807) is 31.1 Å². The molecular formula is C23H29N5O2. The van der Waals surface area contributed by atoms with Crippen molar-refractivity contribution in [1.29, 1.82) is 0 Å². The van der Waals surface area contributed by atoms with Crippen LogP contribution in [0.2, 0.25) is 0 Å². The minimum absolute atomic E-state index is 0.0554. The lowest BCUT2D eigenvalue weighted by molar-refractivity contribution is -0.123. The number of hydrogen-bond acceptors (Lipinski definition) is 5. The zero-order valence-electron chi connectivity index (χ0n) is 17.9. The summed E-state index contributed by atoms with van der Waals surface area (Å²) in [6.07, 6.45) is 6.34. The van der Waals surface area contributed by atoms with Crippen LogP contribution in [0.4, 0.5) is 5.82 Å². The molecule has 3 heterocycles. The van der Waals surface area contributed by atoms with Crippen molar-refractivity contribution in [2.75, 3.05) is 33.0 Å². The lowest BCUT2D eigenvalue weighted by Crippen LogP contribution is -2.21. The molecule has 0 radical (unpaired) electrons. The minimum atomic E-state index is -0.0554. The number of carbonyl (C=O) groups is 1.